The zero-order valence-corrected chi connectivity index (χ0v) is 28.1. The first-order chi connectivity index (χ1) is 23.9. The first-order valence-corrected chi connectivity index (χ1v) is 16.7. The van der Waals surface area contributed by atoms with Crippen LogP contribution in [0.2, 0.25) is 0 Å². The fourth-order valence-electron chi connectivity index (χ4n) is 5.90. The summed E-state index contributed by atoms with van der Waals surface area (Å²) < 4.78 is 21.8. The van der Waals surface area contributed by atoms with Gasteiger partial charge < -0.3 is 24.3 Å². The maximum absolute atomic E-state index is 13.4. The fraction of sp³-hybridized carbons (Fsp3) is 0.293. The zero-order chi connectivity index (χ0) is 34.4. The van der Waals surface area contributed by atoms with Gasteiger partial charge in [0.1, 0.15) is 18.1 Å². The molecule has 254 valence electrons. The van der Waals surface area contributed by atoms with E-state index in [-0.39, 0.29) is 35.0 Å². The Morgan fingerprint density at radius 3 is 2.20 bits per heavy atom. The largest absolute Gasteiger partial charge is 0.493 e. The molecule has 8 nitrogen and oxygen atoms in total. The average Bonchev–Trinajstić information content (AvgIpc) is 3.15. The van der Waals surface area contributed by atoms with Crippen molar-refractivity contribution >= 4 is 30.0 Å². The van der Waals surface area contributed by atoms with E-state index in [1.165, 1.54) is 25.8 Å². The summed E-state index contributed by atoms with van der Waals surface area (Å²) in [6.07, 6.45) is 8.51. The van der Waals surface area contributed by atoms with Crippen molar-refractivity contribution in [1.29, 1.82) is 0 Å². The van der Waals surface area contributed by atoms with Gasteiger partial charge in [0.25, 0.3) is 5.91 Å². The Morgan fingerprint density at radius 1 is 0.776 bits per heavy atom. The molecular formula is C41H43NO7. The summed E-state index contributed by atoms with van der Waals surface area (Å²) in [4.78, 5) is 37.7. The normalized spacial score (nSPS) is 15.7. The molecule has 0 heterocycles. The number of carbonyl (C=O) groups excluding carboxylic acids is 3. The lowest BCUT2D eigenvalue weighted by molar-refractivity contribution is -0.146. The monoisotopic (exact) mass is 661 g/mol. The summed E-state index contributed by atoms with van der Waals surface area (Å²) in [5.74, 6) is -0.219. The number of rotatable bonds is 14. The summed E-state index contributed by atoms with van der Waals surface area (Å²) in [6, 6.07) is 31.1. The fourth-order valence-corrected chi connectivity index (χ4v) is 5.90. The minimum atomic E-state index is -0.540. The van der Waals surface area contributed by atoms with Crippen LogP contribution in [0.25, 0.3) is 12.2 Å². The van der Waals surface area contributed by atoms with Crippen LogP contribution in [0, 0.1) is 5.92 Å². The van der Waals surface area contributed by atoms with Gasteiger partial charge in [0.15, 0.2) is 0 Å². The Bertz CT molecular complexity index is 1720. The van der Waals surface area contributed by atoms with E-state index >= 15 is 0 Å². The molecule has 1 aliphatic rings. The van der Waals surface area contributed by atoms with Crippen molar-refractivity contribution in [1.82, 2.24) is 5.32 Å². The molecule has 0 bridgehead atoms. The van der Waals surface area contributed by atoms with E-state index in [4.69, 9.17) is 18.9 Å². The molecule has 2 unspecified atom stereocenters. The topological polar surface area (TPSA) is 100 Å². The second-order valence-electron chi connectivity index (χ2n) is 12.1. The lowest BCUT2D eigenvalue weighted by atomic mass is 9.85. The summed E-state index contributed by atoms with van der Waals surface area (Å²) in [7, 11) is 2.68. The number of methoxy groups -OCH3 is 2. The predicted molar refractivity (Wildman–Crippen MR) is 189 cm³/mol. The van der Waals surface area contributed by atoms with E-state index in [2.05, 4.69) is 53.9 Å². The van der Waals surface area contributed by atoms with Gasteiger partial charge >= 0.3 is 11.9 Å². The Morgan fingerprint density at radius 2 is 1.49 bits per heavy atom. The lowest BCUT2D eigenvalue weighted by Gasteiger charge is -2.28. The SMILES string of the molecule is COC(=O)c1ccc(OCCCc2ccc(OCc3ccc(C=Cc4ccccc4)cc3)cc2)c(C(=O)NC2CCCC(C(=O)OC)C2)c1. The number of benzene rings is 4. The lowest BCUT2D eigenvalue weighted by Crippen LogP contribution is -2.40. The highest BCUT2D eigenvalue weighted by atomic mass is 16.5. The third kappa shape index (κ3) is 10.3. The van der Waals surface area contributed by atoms with Crippen LogP contribution < -0.4 is 14.8 Å². The standard InChI is InChI=1S/C41H43NO7/c1-46-40(44)33-11-6-12-35(26-33)42-39(43)37-27-34(41(45)47-2)21-24-38(37)48-25-7-10-30-19-22-36(23-20-30)49-28-32-17-15-31(16-18-32)14-13-29-8-4-3-5-9-29/h3-5,8-9,13-24,27,33,35H,6-7,10-12,25-26,28H2,1-2H3,(H,42,43). The molecule has 1 saturated carbocycles. The quantitative estimate of drug-likeness (QED) is 0.0840. The molecule has 2 atom stereocenters. The molecule has 0 spiro atoms. The zero-order valence-electron chi connectivity index (χ0n) is 28.1. The van der Waals surface area contributed by atoms with Gasteiger partial charge in [-0.25, -0.2) is 4.79 Å². The highest BCUT2D eigenvalue weighted by Gasteiger charge is 2.29. The highest BCUT2D eigenvalue weighted by Crippen LogP contribution is 2.27. The summed E-state index contributed by atoms with van der Waals surface area (Å²) in [6.45, 7) is 0.855. The van der Waals surface area contributed by atoms with E-state index < -0.39 is 5.97 Å². The third-order valence-corrected chi connectivity index (χ3v) is 8.63. The maximum atomic E-state index is 13.4. The van der Waals surface area contributed by atoms with Gasteiger partial charge in [0, 0.05) is 6.04 Å². The first kappa shape index (κ1) is 35.0. The number of hydrogen-bond donors (Lipinski definition) is 1. The second kappa shape index (κ2) is 17.7. The minimum Gasteiger partial charge on any atom is -0.493 e. The number of amides is 1. The van der Waals surface area contributed by atoms with Crippen LogP contribution in [0.3, 0.4) is 0 Å². The van der Waals surface area contributed by atoms with Crippen molar-refractivity contribution < 1.29 is 33.3 Å². The molecule has 0 radical (unpaired) electrons. The van der Waals surface area contributed by atoms with E-state index in [9.17, 15) is 14.4 Å². The Labute approximate surface area is 288 Å². The molecule has 1 aliphatic carbocycles. The molecule has 8 heteroatoms. The van der Waals surface area contributed by atoms with Crippen LogP contribution in [0.5, 0.6) is 11.5 Å². The van der Waals surface area contributed by atoms with Gasteiger partial charge in [0.2, 0.25) is 0 Å². The molecule has 0 saturated heterocycles. The van der Waals surface area contributed by atoms with Gasteiger partial charge in [-0.1, -0.05) is 85.3 Å². The highest BCUT2D eigenvalue weighted by molar-refractivity contribution is 6.00. The smallest absolute Gasteiger partial charge is 0.337 e. The van der Waals surface area contributed by atoms with Crippen molar-refractivity contribution in [3.05, 3.63) is 130 Å². The van der Waals surface area contributed by atoms with E-state index in [1.54, 1.807) is 12.1 Å². The van der Waals surface area contributed by atoms with Crippen molar-refractivity contribution in [2.75, 3.05) is 20.8 Å². The second-order valence-corrected chi connectivity index (χ2v) is 12.1. The van der Waals surface area contributed by atoms with Crippen molar-refractivity contribution in [2.45, 2.75) is 51.2 Å². The number of nitrogens with one attached hydrogen (secondary N) is 1. The molecule has 4 aromatic rings. The maximum Gasteiger partial charge on any atom is 0.337 e. The predicted octanol–water partition coefficient (Wildman–Crippen LogP) is 7.70. The van der Waals surface area contributed by atoms with Crippen LogP contribution >= 0.6 is 0 Å². The van der Waals surface area contributed by atoms with E-state index in [0.29, 0.717) is 31.8 Å². The summed E-state index contributed by atoms with van der Waals surface area (Å²) in [5, 5.41) is 3.03. The number of carbonyl (C=O) groups is 3. The van der Waals surface area contributed by atoms with Crippen LogP contribution in [0.1, 0.15) is 75.1 Å². The van der Waals surface area contributed by atoms with Crippen molar-refractivity contribution in [2.24, 2.45) is 5.92 Å². The number of aryl methyl sites for hydroxylation is 1. The van der Waals surface area contributed by atoms with Crippen molar-refractivity contribution in [3.8, 4) is 11.5 Å². The molecular weight excluding hydrogens is 618 g/mol. The van der Waals surface area contributed by atoms with E-state index in [1.807, 2.05) is 42.5 Å². The van der Waals surface area contributed by atoms with Crippen LogP contribution in [0.15, 0.2) is 97.1 Å². The Kier molecular flexibility index (Phi) is 12.6. The molecule has 0 aromatic heterocycles. The van der Waals surface area contributed by atoms with Gasteiger partial charge in [-0.05, 0) is 84.7 Å². The van der Waals surface area contributed by atoms with Gasteiger partial charge in [-0.2, -0.15) is 0 Å². The first-order valence-electron chi connectivity index (χ1n) is 16.7. The summed E-state index contributed by atoms with van der Waals surface area (Å²) in [5.41, 5.74) is 5.04. The van der Waals surface area contributed by atoms with Gasteiger partial charge in [-0.15, -0.1) is 0 Å². The van der Waals surface area contributed by atoms with Gasteiger partial charge in [0.05, 0.1) is 37.9 Å². The number of esters is 2. The minimum absolute atomic E-state index is 0.180. The Hall–Kier alpha value is -5.37. The average molecular weight is 662 g/mol. The summed E-state index contributed by atoms with van der Waals surface area (Å²) >= 11 is 0. The third-order valence-electron chi connectivity index (χ3n) is 8.63. The molecule has 4 aromatic carbocycles. The molecule has 49 heavy (non-hydrogen) atoms. The van der Waals surface area contributed by atoms with Crippen LogP contribution in [-0.2, 0) is 27.3 Å². The number of hydrogen-bond acceptors (Lipinski definition) is 7. The van der Waals surface area contributed by atoms with E-state index in [0.717, 1.165) is 48.1 Å². The molecule has 0 aliphatic heterocycles. The van der Waals surface area contributed by atoms with Crippen molar-refractivity contribution in [3.63, 3.8) is 0 Å². The molecule has 1 amide bonds. The Balaban J connectivity index is 1.10. The molecule has 5 rings (SSSR count). The van der Waals surface area contributed by atoms with Crippen LogP contribution in [0.4, 0.5) is 0 Å². The van der Waals surface area contributed by atoms with Gasteiger partial charge in [-0.3, -0.25) is 9.59 Å². The number of ether oxygens (including phenoxy) is 4. The van der Waals surface area contributed by atoms with Crippen LogP contribution in [-0.4, -0.2) is 44.7 Å². The molecule has 1 N–H and O–H groups in total. The molecule has 1 fully saturated rings.